The Morgan fingerprint density at radius 1 is 1.20 bits per heavy atom. The largest absolute Gasteiger partial charge is 0.374 e. The molecule has 0 radical (unpaired) electrons. The van der Waals surface area contributed by atoms with Crippen molar-refractivity contribution < 1.29 is 0 Å². The molecule has 1 aromatic rings. The highest BCUT2D eigenvalue weighted by molar-refractivity contribution is 5.53. The third-order valence-electron chi connectivity index (χ3n) is 3.54. The Morgan fingerprint density at radius 2 is 1.85 bits per heavy atom. The maximum Gasteiger partial charge on any atom is 0.0393 e. The molecule has 0 aliphatic carbocycles. The van der Waals surface area contributed by atoms with Crippen molar-refractivity contribution in [2.24, 2.45) is 5.92 Å². The van der Waals surface area contributed by atoms with Crippen LogP contribution in [0.4, 0.5) is 5.69 Å². The summed E-state index contributed by atoms with van der Waals surface area (Å²) in [4.78, 5) is 2.37. The fourth-order valence-electron chi connectivity index (χ4n) is 2.20. The summed E-state index contributed by atoms with van der Waals surface area (Å²) >= 11 is 0. The number of hydrogen-bond acceptors (Lipinski definition) is 2. The van der Waals surface area contributed by atoms with Crippen LogP contribution in [-0.2, 0) is 6.54 Å². The number of anilines is 1. The molecular weight excluding hydrogens is 244 g/mol. The van der Waals surface area contributed by atoms with Gasteiger partial charge in [-0.15, -0.1) is 0 Å². The van der Waals surface area contributed by atoms with Gasteiger partial charge in [0.2, 0.25) is 0 Å². The fraction of sp³-hybridized carbons (Fsp3) is 0.667. The Bertz CT molecular complexity index is 416. The van der Waals surface area contributed by atoms with Crippen molar-refractivity contribution >= 4 is 5.69 Å². The summed E-state index contributed by atoms with van der Waals surface area (Å²) < 4.78 is 0. The fourth-order valence-corrected chi connectivity index (χ4v) is 2.20. The SMILES string of the molecule is Cc1cc(CNC(C)(C)C)ccc1N(C)CCC(C)C. The van der Waals surface area contributed by atoms with Crippen LogP contribution in [0, 0.1) is 12.8 Å². The van der Waals surface area contributed by atoms with Crippen molar-refractivity contribution in [3.8, 4) is 0 Å². The number of nitrogens with zero attached hydrogens (tertiary/aromatic N) is 1. The first-order valence-corrected chi connectivity index (χ1v) is 7.75. The molecule has 2 heteroatoms. The molecule has 0 bridgehead atoms. The lowest BCUT2D eigenvalue weighted by molar-refractivity contribution is 0.424. The summed E-state index contributed by atoms with van der Waals surface area (Å²) in [6.07, 6.45) is 1.24. The smallest absolute Gasteiger partial charge is 0.0393 e. The number of aryl methyl sites for hydroxylation is 1. The highest BCUT2D eigenvalue weighted by atomic mass is 15.1. The van der Waals surface area contributed by atoms with Gasteiger partial charge in [-0.1, -0.05) is 26.0 Å². The first kappa shape index (κ1) is 17.0. The molecule has 2 nitrogen and oxygen atoms in total. The van der Waals surface area contributed by atoms with E-state index in [-0.39, 0.29) is 5.54 Å². The van der Waals surface area contributed by atoms with E-state index in [0.717, 1.165) is 19.0 Å². The second-order valence-electron chi connectivity index (χ2n) is 7.33. The molecule has 1 aromatic carbocycles. The maximum absolute atomic E-state index is 3.54. The summed E-state index contributed by atoms with van der Waals surface area (Å²) in [5.41, 5.74) is 4.24. The zero-order valence-electron chi connectivity index (χ0n) is 14.4. The lowest BCUT2D eigenvalue weighted by Gasteiger charge is -2.24. The summed E-state index contributed by atoms with van der Waals surface area (Å²) in [5.74, 6) is 0.757. The van der Waals surface area contributed by atoms with Gasteiger partial charge in [0.1, 0.15) is 0 Å². The van der Waals surface area contributed by atoms with Gasteiger partial charge in [0.15, 0.2) is 0 Å². The molecule has 0 amide bonds. The van der Waals surface area contributed by atoms with Crippen molar-refractivity contribution in [2.45, 2.75) is 60.0 Å². The minimum absolute atomic E-state index is 0.167. The number of hydrogen-bond donors (Lipinski definition) is 1. The van der Waals surface area contributed by atoms with Gasteiger partial charge in [0.25, 0.3) is 0 Å². The molecule has 114 valence electrons. The molecule has 0 unspecified atom stereocenters. The van der Waals surface area contributed by atoms with E-state index in [4.69, 9.17) is 0 Å². The van der Waals surface area contributed by atoms with Gasteiger partial charge in [-0.3, -0.25) is 0 Å². The van der Waals surface area contributed by atoms with Gasteiger partial charge in [0.05, 0.1) is 0 Å². The van der Waals surface area contributed by atoms with Gasteiger partial charge in [-0.05, 0) is 57.2 Å². The first-order valence-electron chi connectivity index (χ1n) is 7.75. The van der Waals surface area contributed by atoms with E-state index in [1.165, 1.54) is 23.2 Å². The third kappa shape index (κ3) is 5.96. The Labute approximate surface area is 125 Å². The average Bonchev–Trinajstić information content (AvgIpc) is 2.32. The topological polar surface area (TPSA) is 15.3 Å². The Kier molecular flexibility index (Phi) is 6.07. The highest BCUT2D eigenvalue weighted by Gasteiger charge is 2.10. The number of nitrogens with one attached hydrogen (secondary N) is 1. The van der Waals surface area contributed by atoms with Gasteiger partial charge in [0, 0.05) is 31.4 Å². The number of benzene rings is 1. The molecule has 0 spiro atoms. The van der Waals surface area contributed by atoms with E-state index < -0.39 is 0 Å². The van der Waals surface area contributed by atoms with Gasteiger partial charge in [-0.25, -0.2) is 0 Å². The van der Waals surface area contributed by atoms with Crippen molar-refractivity contribution in [1.82, 2.24) is 5.32 Å². The van der Waals surface area contributed by atoms with Gasteiger partial charge in [-0.2, -0.15) is 0 Å². The molecule has 0 saturated heterocycles. The van der Waals surface area contributed by atoms with E-state index in [2.05, 4.69) is 77.0 Å². The van der Waals surface area contributed by atoms with Crippen LogP contribution in [0.2, 0.25) is 0 Å². The second kappa shape index (κ2) is 7.12. The molecule has 1 N–H and O–H groups in total. The predicted molar refractivity (Wildman–Crippen MR) is 90.5 cm³/mol. The zero-order chi connectivity index (χ0) is 15.3. The van der Waals surface area contributed by atoms with Crippen LogP contribution in [0.15, 0.2) is 18.2 Å². The summed E-state index contributed by atoms with van der Waals surface area (Å²) in [6, 6.07) is 6.81. The first-order chi connectivity index (χ1) is 9.19. The van der Waals surface area contributed by atoms with Gasteiger partial charge >= 0.3 is 0 Å². The molecule has 0 fully saturated rings. The summed E-state index contributed by atoms with van der Waals surface area (Å²) in [6.45, 7) is 15.4. The lowest BCUT2D eigenvalue weighted by atomic mass is 10.1. The maximum atomic E-state index is 3.54. The molecule has 20 heavy (non-hydrogen) atoms. The third-order valence-corrected chi connectivity index (χ3v) is 3.54. The minimum atomic E-state index is 0.167. The van der Waals surface area contributed by atoms with Crippen LogP contribution in [0.25, 0.3) is 0 Å². The van der Waals surface area contributed by atoms with Crippen LogP contribution in [0.5, 0.6) is 0 Å². The van der Waals surface area contributed by atoms with Crippen molar-refractivity contribution in [3.63, 3.8) is 0 Å². The molecule has 0 aliphatic heterocycles. The Morgan fingerprint density at radius 3 is 2.35 bits per heavy atom. The normalized spacial score (nSPS) is 12.0. The quantitative estimate of drug-likeness (QED) is 0.830. The standard InChI is InChI=1S/C18H32N2/c1-14(2)10-11-20(7)17-9-8-16(12-15(17)3)13-19-18(4,5)6/h8-9,12,14,19H,10-11,13H2,1-7H3. The highest BCUT2D eigenvalue weighted by Crippen LogP contribution is 2.21. The summed E-state index contributed by atoms with van der Waals surface area (Å²) in [5, 5.41) is 3.54. The number of rotatable bonds is 6. The summed E-state index contributed by atoms with van der Waals surface area (Å²) in [7, 11) is 2.19. The lowest BCUT2D eigenvalue weighted by Crippen LogP contribution is -2.35. The predicted octanol–water partition coefficient (Wildman–Crippen LogP) is 4.37. The van der Waals surface area contributed by atoms with Crippen LogP contribution >= 0.6 is 0 Å². The molecular formula is C18H32N2. The van der Waals surface area contributed by atoms with E-state index >= 15 is 0 Å². The molecule has 0 saturated carbocycles. The molecule has 0 atom stereocenters. The van der Waals surface area contributed by atoms with Crippen LogP contribution in [0.3, 0.4) is 0 Å². The van der Waals surface area contributed by atoms with E-state index in [0.29, 0.717) is 0 Å². The molecule has 0 heterocycles. The van der Waals surface area contributed by atoms with Gasteiger partial charge < -0.3 is 10.2 Å². The monoisotopic (exact) mass is 276 g/mol. The van der Waals surface area contributed by atoms with Crippen molar-refractivity contribution in [2.75, 3.05) is 18.5 Å². The van der Waals surface area contributed by atoms with E-state index in [1.807, 2.05) is 0 Å². The van der Waals surface area contributed by atoms with Crippen LogP contribution < -0.4 is 10.2 Å². The zero-order valence-corrected chi connectivity index (χ0v) is 14.4. The Balaban J connectivity index is 2.67. The minimum Gasteiger partial charge on any atom is -0.374 e. The van der Waals surface area contributed by atoms with E-state index in [9.17, 15) is 0 Å². The molecule has 0 aliphatic rings. The van der Waals surface area contributed by atoms with Crippen LogP contribution in [0.1, 0.15) is 52.2 Å². The molecule has 0 aromatic heterocycles. The van der Waals surface area contributed by atoms with Crippen molar-refractivity contribution in [1.29, 1.82) is 0 Å². The second-order valence-corrected chi connectivity index (χ2v) is 7.33. The average molecular weight is 276 g/mol. The molecule has 1 rings (SSSR count). The van der Waals surface area contributed by atoms with Crippen molar-refractivity contribution in [3.05, 3.63) is 29.3 Å². The van der Waals surface area contributed by atoms with E-state index in [1.54, 1.807) is 0 Å². The Hall–Kier alpha value is -1.02. The van der Waals surface area contributed by atoms with Crippen LogP contribution in [-0.4, -0.2) is 19.1 Å².